The van der Waals surface area contributed by atoms with Gasteiger partial charge in [0, 0.05) is 25.3 Å². The molecule has 1 aliphatic rings. The van der Waals surface area contributed by atoms with Crippen molar-refractivity contribution in [3.05, 3.63) is 75.1 Å². The summed E-state index contributed by atoms with van der Waals surface area (Å²) in [6.07, 6.45) is 1.54. The van der Waals surface area contributed by atoms with Gasteiger partial charge in [0.1, 0.15) is 0 Å². The van der Waals surface area contributed by atoms with Gasteiger partial charge in [-0.15, -0.1) is 0 Å². The van der Waals surface area contributed by atoms with E-state index in [1.54, 1.807) is 12.1 Å². The van der Waals surface area contributed by atoms with E-state index < -0.39 is 10.0 Å². The Kier molecular flexibility index (Phi) is 6.73. The average molecular weight is 483 g/mol. The van der Waals surface area contributed by atoms with Gasteiger partial charge in [0.2, 0.25) is 10.0 Å². The van der Waals surface area contributed by atoms with Crippen LogP contribution >= 0.6 is 0 Å². The molecular weight excluding hydrogens is 448 g/mol. The molecular formula is C27H34N2O4S. The van der Waals surface area contributed by atoms with Crippen molar-refractivity contribution < 1.29 is 13.2 Å². The van der Waals surface area contributed by atoms with E-state index in [1.165, 1.54) is 4.31 Å². The molecule has 0 aliphatic carbocycles. The number of sulfonamides is 1. The highest BCUT2D eigenvalue weighted by molar-refractivity contribution is 7.89. The van der Waals surface area contributed by atoms with Crippen molar-refractivity contribution in [2.75, 3.05) is 13.2 Å². The average Bonchev–Trinajstić information content (AvgIpc) is 3.27. The first-order chi connectivity index (χ1) is 15.9. The molecule has 4 rings (SSSR count). The first kappa shape index (κ1) is 24.6. The van der Waals surface area contributed by atoms with Gasteiger partial charge >= 0.3 is 0 Å². The smallest absolute Gasteiger partial charge is 0.252 e. The van der Waals surface area contributed by atoms with Crippen LogP contribution < -0.4 is 5.56 Å². The SMILES string of the molecule is Cc1cc(C)c2[nH]c(=O)c(CN(C[C@@H]3CCCO3)S(=O)(=O)c3ccc(C(C)(C)C)cc3)cc2c1. The molecule has 0 unspecified atom stereocenters. The first-order valence-corrected chi connectivity index (χ1v) is 13.2. The van der Waals surface area contributed by atoms with Crippen LogP contribution in [0.1, 0.15) is 55.9 Å². The van der Waals surface area contributed by atoms with Crippen molar-refractivity contribution in [2.24, 2.45) is 0 Å². The summed E-state index contributed by atoms with van der Waals surface area (Å²) in [5.41, 5.74) is 4.00. The fourth-order valence-corrected chi connectivity index (χ4v) is 6.03. The van der Waals surface area contributed by atoms with E-state index in [-0.39, 0.29) is 35.1 Å². The fraction of sp³-hybridized carbons (Fsp3) is 0.444. The molecule has 3 aromatic rings. The van der Waals surface area contributed by atoms with E-state index in [4.69, 9.17) is 4.74 Å². The number of aryl methyl sites for hydroxylation is 2. The number of benzene rings is 2. The van der Waals surface area contributed by atoms with Crippen LogP contribution in [0.5, 0.6) is 0 Å². The summed E-state index contributed by atoms with van der Waals surface area (Å²) in [7, 11) is -3.83. The minimum atomic E-state index is -3.83. The predicted octanol–water partition coefficient (Wildman–Crippen LogP) is 4.81. The van der Waals surface area contributed by atoms with Crippen LogP contribution in [-0.4, -0.2) is 37.0 Å². The molecule has 2 aromatic carbocycles. The molecule has 1 saturated heterocycles. The Morgan fingerprint density at radius 2 is 1.79 bits per heavy atom. The normalized spacial score (nSPS) is 17.1. The third-order valence-electron chi connectivity index (χ3n) is 6.51. The molecule has 1 aromatic heterocycles. The Morgan fingerprint density at radius 3 is 2.41 bits per heavy atom. The predicted molar refractivity (Wildman–Crippen MR) is 136 cm³/mol. The number of nitrogens with zero attached hydrogens (tertiary/aromatic N) is 1. The topological polar surface area (TPSA) is 79.5 Å². The molecule has 34 heavy (non-hydrogen) atoms. The van der Waals surface area contributed by atoms with Crippen LogP contribution in [0.4, 0.5) is 0 Å². The zero-order valence-electron chi connectivity index (χ0n) is 20.6. The lowest BCUT2D eigenvalue weighted by Crippen LogP contribution is -2.38. The van der Waals surface area contributed by atoms with Crippen LogP contribution in [0.25, 0.3) is 10.9 Å². The minimum absolute atomic E-state index is 0.0124. The Labute approximate surface area is 202 Å². The second-order valence-electron chi connectivity index (χ2n) is 10.4. The number of fused-ring (bicyclic) bond motifs is 1. The van der Waals surface area contributed by atoms with E-state index in [0.717, 1.165) is 40.4 Å². The summed E-state index contributed by atoms with van der Waals surface area (Å²) in [4.78, 5) is 16.1. The maximum Gasteiger partial charge on any atom is 0.252 e. The van der Waals surface area contributed by atoms with Crippen LogP contribution in [0.15, 0.2) is 52.2 Å². The van der Waals surface area contributed by atoms with Gasteiger partial charge in [-0.2, -0.15) is 4.31 Å². The van der Waals surface area contributed by atoms with Crippen molar-refractivity contribution in [3.63, 3.8) is 0 Å². The molecule has 0 spiro atoms. The van der Waals surface area contributed by atoms with Crippen molar-refractivity contribution in [3.8, 4) is 0 Å². The van der Waals surface area contributed by atoms with Gasteiger partial charge < -0.3 is 9.72 Å². The number of aromatic amines is 1. The summed E-state index contributed by atoms with van der Waals surface area (Å²) >= 11 is 0. The Balaban J connectivity index is 1.73. The molecule has 0 radical (unpaired) electrons. The summed E-state index contributed by atoms with van der Waals surface area (Å²) in [5, 5.41) is 0.899. The molecule has 0 amide bonds. The van der Waals surface area contributed by atoms with Crippen LogP contribution in [0.3, 0.4) is 0 Å². The van der Waals surface area contributed by atoms with Gasteiger partial charge in [-0.25, -0.2) is 8.42 Å². The van der Waals surface area contributed by atoms with E-state index in [2.05, 4.69) is 25.8 Å². The third kappa shape index (κ3) is 5.11. The Hall–Kier alpha value is -2.48. The van der Waals surface area contributed by atoms with Crippen LogP contribution in [-0.2, 0) is 26.7 Å². The van der Waals surface area contributed by atoms with Crippen molar-refractivity contribution in [1.29, 1.82) is 0 Å². The van der Waals surface area contributed by atoms with E-state index in [0.29, 0.717) is 12.2 Å². The monoisotopic (exact) mass is 482 g/mol. The molecule has 1 N–H and O–H groups in total. The zero-order chi connectivity index (χ0) is 24.7. The van der Waals surface area contributed by atoms with Crippen LogP contribution in [0, 0.1) is 13.8 Å². The lowest BCUT2D eigenvalue weighted by Gasteiger charge is -2.25. The lowest BCUT2D eigenvalue weighted by atomic mass is 9.87. The first-order valence-electron chi connectivity index (χ1n) is 11.8. The highest BCUT2D eigenvalue weighted by Crippen LogP contribution is 2.27. The van der Waals surface area contributed by atoms with Gasteiger partial charge in [0.05, 0.1) is 16.5 Å². The molecule has 1 aliphatic heterocycles. The summed E-state index contributed by atoms with van der Waals surface area (Å²) in [5.74, 6) is 0. The maximum atomic E-state index is 13.7. The van der Waals surface area contributed by atoms with Gasteiger partial charge in [-0.1, -0.05) is 44.5 Å². The van der Waals surface area contributed by atoms with E-state index in [1.807, 2.05) is 44.2 Å². The second kappa shape index (κ2) is 9.29. The molecule has 1 fully saturated rings. The minimum Gasteiger partial charge on any atom is -0.377 e. The second-order valence-corrected chi connectivity index (χ2v) is 12.3. The molecule has 6 nitrogen and oxygen atoms in total. The number of ether oxygens (including phenoxy) is 1. The molecule has 0 bridgehead atoms. The van der Waals surface area contributed by atoms with Gasteiger partial charge in [-0.3, -0.25) is 4.79 Å². The third-order valence-corrected chi connectivity index (χ3v) is 8.33. The van der Waals surface area contributed by atoms with E-state index in [9.17, 15) is 13.2 Å². The number of rotatable bonds is 6. The van der Waals surface area contributed by atoms with Gasteiger partial charge in [0.15, 0.2) is 0 Å². The standard InChI is InChI=1S/C27H34N2O4S/c1-18-13-19(2)25-20(14-18)15-21(26(30)28-25)16-29(17-23-7-6-12-33-23)34(31,32)24-10-8-22(9-11-24)27(3,4)5/h8-11,13-15,23H,6-7,12,16-17H2,1-5H3,(H,28,30)/t23-/m0/s1. The van der Waals surface area contributed by atoms with Gasteiger partial charge in [-0.05, 0) is 72.9 Å². The number of aromatic nitrogens is 1. The summed E-state index contributed by atoms with van der Waals surface area (Å²) in [6, 6.07) is 12.9. The maximum absolute atomic E-state index is 13.7. The quantitative estimate of drug-likeness (QED) is 0.547. The van der Waals surface area contributed by atoms with E-state index >= 15 is 0 Å². The molecule has 1 atom stereocenters. The molecule has 0 saturated carbocycles. The molecule has 182 valence electrons. The largest absolute Gasteiger partial charge is 0.377 e. The van der Waals surface area contributed by atoms with Crippen LogP contribution in [0.2, 0.25) is 0 Å². The Bertz CT molecular complexity index is 1350. The number of hydrogen-bond acceptors (Lipinski definition) is 4. The van der Waals surface area contributed by atoms with Crippen molar-refractivity contribution in [2.45, 2.75) is 70.4 Å². The Morgan fingerprint density at radius 1 is 1.09 bits per heavy atom. The lowest BCUT2D eigenvalue weighted by molar-refractivity contribution is 0.0925. The molecule has 7 heteroatoms. The number of hydrogen-bond donors (Lipinski definition) is 1. The summed E-state index contributed by atoms with van der Waals surface area (Å²) < 4.78 is 34.6. The highest BCUT2D eigenvalue weighted by Gasteiger charge is 2.30. The fourth-order valence-electron chi connectivity index (χ4n) is 4.58. The van der Waals surface area contributed by atoms with Crippen molar-refractivity contribution >= 4 is 20.9 Å². The zero-order valence-corrected chi connectivity index (χ0v) is 21.5. The number of nitrogens with one attached hydrogen (secondary N) is 1. The number of H-pyrrole nitrogens is 1. The van der Waals surface area contributed by atoms with Crippen molar-refractivity contribution in [1.82, 2.24) is 9.29 Å². The summed E-state index contributed by atoms with van der Waals surface area (Å²) in [6.45, 7) is 11.1. The molecule has 2 heterocycles. The highest BCUT2D eigenvalue weighted by atomic mass is 32.2. The number of pyridine rings is 1. The van der Waals surface area contributed by atoms with Gasteiger partial charge in [0.25, 0.3) is 5.56 Å².